The summed E-state index contributed by atoms with van der Waals surface area (Å²) in [5, 5.41) is 13.6. The Bertz CT molecular complexity index is 598. The van der Waals surface area contributed by atoms with Crippen molar-refractivity contribution in [3.8, 4) is 5.75 Å². The Morgan fingerprint density at radius 3 is 1.84 bits per heavy atom. The summed E-state index contributed by atoms with van der Waals surface area (Å²) < 4.78 is 27.9. The number of primary sulfonamides is 1. The topological polar surface area (TPSA) is 107 Å². The Kier molecular flexibility index (Phi) is 10.2. The lowest BCUT2D eigenvalue weighted by Crippen LogP contribution is -2.11. The molecular weight excluding hydrogens is 342 g/mol. The lowest BCUT2D eigenvalue weighted by Gasteiger charge is -2.07. The predicted octanol–water partition coefficient (Wildman–Crippen LogP) is 3.70. The van der Waals surface area contributed by atoms with Crippen LogP contribution in [0.3, 0.4) is 0 Å². The molecular formula is C18H29NO5S. The molecule has 7 heteroatoms. The molecule has 1 aromatic carbocycles. The number of sulfonamides is 1. The van der Waals surface area contributed by atoms with Gasteiger partial charge in [0.2, 0.25) is 10.0 Å². The number of hydrogen-bond acceptors (Lipinski definition) is 4. The summed E-state index contributed by atoms with van der Waals surface area (Å²) >= 11 is 0. The van der Waals surface area contributed by atoms with Crippen LogP contribution in [-0.4, -0.2) is 26.1 Å². The van der Waals surface area contributed by atoms with Crippen LogP contribution >= 0.6 is 0 Å². The van der Waals surface area contributed by atoms with Crippen molar-refractivity contribution in [2.24, 2.45) is 5.14 Å². The van der Waals surface area contributed by atoms with Gasteiger partial charge in [0.1, 0.15) is 5.75 Å². The number of aliphatic carboxylic acids is 1. The first-order chi connectivity index (χ1) is 11.9. The zero-order valence-electron chi connectivity index (χ0n) is 14.7. The highest BCUT2D eigenvalue weighted by Gasteiger charge is 2.06. The maximum Gasteiger partial charge on any atom is 0.303 e. The molecule has 0 saturated heterocycles. The van der Waals surface area contributed by atoms with Crippen molar-refractivity contribution in [3.05, 3.63) is 24.3 Å². The second kappa shape index (κ2) is 11.9. The van der Waals surface area contributed by atoms with Gasteiger partial charge in [0, 0.05) is 6.42 Å². The third-order valence-corrected chi connectivity index (χ3v) is 4.89. The lowest BCUT2D eigenvalue weighted by atomic mass is 10.1. The van der Waals surface area contributed by atoms with E-state index in [4.69, 9.17) is 15.0 Å². The number of benzene rings is 1. The minimum Gasteiger partial charge on any atom is -0.494 e. The highest BCUT2D eigenvalue weighted by Crippen LogP contribution is 2.16. The van der Waals surface area contributed by atoms with Crippen molar-refractivity contribution in [3.63, 3.8) is 0 Å². The minimum absolute atomic E-state index is 0.0859. The Hall–Kier alpha value is -1.60. The molecule has 0 spiro atoms. The Morgan fingerprint density at radius 2 is 1.36 bits per heavy atom. The molecule has 0 atom stereocenters. The molecule has 0 aliphatic heterocycles. The quantitative estimate of drug-likeness (QED) is 0.485. The molecule has 25 heavy (non-hydrogen) atoms. The van der Waals surface area contributed by atoms with E-state index in [1.54, 1.807) is 12.1 Å². The summed E-state index contributed by atoms with van der Waals surface area (Å²) in [4.78, 5) is 10.5. The van der Waals surface area contributed by atoms with Crippen LogP contribution in [0.4, 0.5) is 0 Å². The normalized spacial score (nSPS) is 11.4. The molecule has 0 fully saturated rings. The van der Waals surface area contributed by atoms with Crippen molar-refractivity contribution < 1.29 is 23.1 Å². The molecule has 1 rings (SSSR count). The zero-order chi connectivity index (χ0) is 18.5. The first kappa shape index (κ1) is 21.4. The summed E-state index contributed by atoms with van der Waals surface area (Å²) in [6.07, 6.45) is 10.00. The largest absolute Gasteiger partial charge is 0.494 e. The standard InChI is InChI=1S/C18H29NO5S/c19-25(22,23)17-13-11-16(12-14-17)24-15-9-7-5-3-1-2-4-6-8-10-18(20)21/h11-14H,1-10,15H2,(H,20,21)(H2,19,22,23). The van der Waals surface area contributed by atoms with Gasteiger partial charge in [0.25, 0.3) is 0 Å². The Balaban J connectivity index is 1.96. The number of rotatable bonds is 14. The molecule has 0 radical (unpaired) electrons. The molecule has 0 saturated carbocycles. The zero-order valence-corrected chi connectivity index (χ0v) is 15.5. The average molecular weight is 371 g/mol. The number of carbonyl (C=O) groups is 1. The van der Waals surface area contributed by atoms with Crippen LogP contribution in [0.15, 0.2) is 29.2 Å². The third kappa shape index (κ3) is 10.8. The molecule has 0 amide bonds. The van der Waals surface area contributed by atoms with E-state index in [-0.39, 0.29) is 11.3 Å². The first-order valence-electron chi connectivity index (χ1n) is 8.87. The summed E-state index contributed by atoms with van der Waals surface area (Å²) in [6, 6.07) is 6.12. The van der Waals surface area contributed by atoms with Gasteiger partial charge in [-0.25, -0.2) is 13.6 Å². The molecule has 0 aliphatic carbocycles. The van der Waals surface area contributed by atoms with E-state index in [2.05, 4.69) is 0 Å². The van der Waals surface area contributed by atoms with Crippen molar-refractivity contribution in [2.45, 2.75) is 69.1 Å². The van der Waals surface area contributed by atoms with Gasteiger partial charge >= 0.3 is 5.97 Å². The van der Waals surface area contributed by atoms with Crippen LogP contribution in [0.1, 0.15) is 64.2 Å². The van der Waals surface area contributed by atoms with Gasteiger partial charge in [-0.2, -0.15) is 0 Å². The number of nitrogens with two attached hydrogens (primary N) is 1. The first-order valence-corrected chi connectivity index (χ1v) is 10.4. The van der Waals surface area contributed by atoms with Gasteiger partial charge in [0.15, 0.2) is 0 Å². The smallest absolute Gasteiger partial charge is 0.303 e. The monoisotopic (exact) mass is 371 g/mol. The van der Waals surface area contributed by atoms with Gasteiger partial charge in [-0.3, -0.25) is 4.79 Å². The fourth-order valence-corrected chi connectivity index (χ4v) is 3.05. The average Bonchev–Trinajstić information content (AvgIpc) is 2.55. The highest BCUT2D eigenvalue weighted by molar-refractivity contribution is 7.89. The van der Waals surface area contributed by atoms with Crippen LogP contribution in [0.25, 0.3) is 0 Å². The van der Waals surface area contributed by atoms with E-state index in [1.807, 2.05) is 0 Å². The number of ether oxygens (including phenoxy) is 1. The molecule has 3 N–H and O–H groups in total. The second-order valence-electron chi connectivity index (χ2n) is 6.19. The van der Waals surface area contributed by atoms with Crippen molar-refractivity contribution in [1.82, 2.24) is 0 Å². The van der Waals surface area contributed by atoms with Gasteiger partial charge in [-0.1, -0.05) is 44.9 Å². The lowest BCUT2D eigenvalue weighted by molar-refractivity contribution is -0.137. The molecule has 0 aromatic heterocycles. The molecule has 6 nitrogen and oxygen atoms in total. The Labute approximate surface area is 150 Å². The summed E-state index contributed by atoms with van der Waals surface area (Å²) in [7, 11) is -3.65. The van der Waals surface area contributed by atoms with Gasteiger partial charge in [-0.15, -0.1) is 0 Å². The van der Waals surface area contributed by atoms with E-state index in [1.165, 1.54) is 37.8 Å². The molecule has 0 aliphatic rings. The fraction of sp³-hybridized carbons (Fsp3) is 0.611. The number of hydrogen-bond donors (Lipinski definition) is 2. The van der Waals surface area contributed by atoms with E-state index in [0.29, 0.717) is 12.4 Å². The van der Waals surface area contributed by atoms with Crippen molar-refractivity contribution in [2.75, 3.05) is 6.61 Å². The van der Waals surface area contributed by atoms with Crippen LogP contribution in [0.2, 0.25) is 0 Å². The SMILES string of the molecule is NS(=O)(=O)c1ccc(OCCCCCCCCCCCC(=O)O)cc1. The number of carboxylic acid groups (broad SMARTS) is 1. The van der Waals surface area contributed by atoms with Gasteiger partial charge in [0.05, 0.1) is 11.5 Å². The highest BCUT2D eigenvalue weighted by atomic mass is 32.2. The van der Waals surface area contributed by atoms with Crippen molar-refractivity contribution >= 4 is 16.0 Å². The van der Waals surface area contributed by atoms with Crippen LogP contribution < -0.4 is 9.88 Å². The third-order valence-electron chi connectivity index (χ3n) is 3.96. The van der Waals surface area contributed by atoms with Gasteiger partial charge < -0.3 is 9.84 Å². The van der Waals surface area contributed by atoms with Gasteiger partial charge in [-0.05, 0) is 37.1 Å². The fourth-order valence-electron chi connectivity index (χ4n) is 2.53. The summed E-state index contributed by atoms with van der Waals surface area (Å²) in [5.41, 5.74) is 0. The number of unbranched alkanes of at least 4 members (excludes halogenated alkanes) is 8. The molecule has 1 aromatic rings. The molecule has 0 unspecified atom stereocenters. The minimum atomic E-state index is -3.65. The number of carboxylic acids is 1. The molecule has 0 heterocycles. The molecule has 0 bridgehead atoms. The summed E-state index contributed by atoms with van der Waals surface area (Å²) in [6.45, 7) is 0.615. The predicted molar refractivity (Wildman–Crippen MR) is 97.1 cm³/mol. The maximum absolute atomic E-state index is 11.1. The Morgan fingerprint density at radius 1 is 0.880 bits per heavy atom. The van der Waals surface area contributed by atoms with Crippen LogP contribution in [-0.2, 0) is 14.8 Å². The van der Waals surface area contributed by atoms with Crippen molar-refractivity contribution in [1.29, 1.82) is 0 Å². The van der Waals surface area contributed by atoms with E-state index >= 15 is 0 Å². The van der Waals surface area contributed by atoms with E-state index < -0.39 is 16.0 Å². The van der Waals surface area contributed by atoms with E-state index in [9.17, 15) is 13.2 Å². The second-order valence-corrected chi connectivity index (χ2v) is 7.75. The summed E-state index contributed by atoms with van der Waals surface area (Å²) in [5.74, 6) is -0.0589. The van der Waals surface area contributed by atoms with Crippen LogP contribution in [0, 0.1) is 0 Å². The maximum atomic E-state index is 11.1. The molecule has 142 valence electrons. The van der Waals surface area contributed by atoms with Crippen LogP contribution in [0.5, 0.6) is 5.75 Å². The van der Waals surface area contributed by atoms with E-state index in [0.717, 1.165) is 32.1 Å².